The molecule has 0 unspecified atom stereocenters. The van der Waals surface area contributed by atoms with Crippen molar-refractivity contribution >= 4 is 23.6 Å². The van der Waals surface area contributed by atoms with E-state index in [0.29, 0.717) is 17.0 Å². The molecule has 2 fully saturated rings. The van der Waals surface area contributed by atoms with Crippen molar-refractivity contribution in [3.8, 4) is 5.75 Å². The minimum atomic E-state index is -0.850. The molecule has 0 aliphatic carbocycles. The van der Waals surface area contributed by atoms with Crippen LogP contribution in [0.15, 0.2) is 12.1 Å². The molecule has 1 aromatic rings. The lowest BCUT2D eigenvalue weighted by molar-refractivity contribution is -0.120. The van der Waals surface area contributed by atoms with Crippen molar-refractivity contribution in [1.29, 1.82) is 0 Å². The Hall–Kier alpha value is -2.55. The molecular weight excluding hydrogens is 388 g/mol. The summed E-state index contributed by atoms with van der Waals surface area (Å²) in [5, 5.41) is 2.60. The number of hydrogen-bond acceptors (Lipinski definition) is 7. The molecule has 2 saturated heterocycles. The molecule has 1 spiro atoms. The van der Waals surface area contributed by atoms with Crippen LogP contribution in [0.4, 0.5) is 16.4 Å². The fraction of sp³-hybridized carbons (Fsp3) is 0.667. The van der Waals surface area contributed by atoms with Crippen molar-refractivity contribution in [3.05, 3.63) is 12.1 Å². The highest BCUT2D eigenvalue weighted by atomic mass is 16.6. The third-order valence-electron chi connectivity index (χ3n) is 5.80. The van der Waals surface area contributed by atoms with Gasteiger partial charge in [0.25, 0.3) is 5.91 Å². The highest BCUT2D eigenvalue weighted by molar-refractivity contribution is 5.99. The Kier molecular flexibility index (Phi) is 5.25. The van der Waals surface area contributed by atoms with Crippen LogP contribution < -0.4 is 19.9 Å². The second-order valence-electron chi connectivity index (χ2n) is 9.37. The monoisotopic (exact) mass is 418 g/mol. The van der Waals surface area contributed by atoms with Gasteiger partial charge in [-0.2, -0.15) is 0 Å². The van der Waals surface area contributed by atoms with Gasteiger partial charge in [-0.15, -0.1) is 0 Å². The van der Waals surface area contributed by atoms with Crippen LogP contribution in [0, 0.1) is 5.41 Å². The van der Waals surface area contributed by atoms with Gasteiger partial charge in [0, 0.05) is 38.8 Å². The number of carbonyl (C=O) groups excluding carboxylic acids is 2. The molecule has 1 aromatic heterocycles. The third-order valence-corrected chi connectivity index (χ3v) is 5.80. The van der Waals surface area contributed by atoms with Crippen LogP contribution in [0.5, 0.6) is 5.75 Å². The van der Waals surface area contributed by atoms with Gasteiger partial charge in [-0.3, -0.25) is 9.69 Å². The van der Waals surface area contributed by atoms with Gasteiger partial charge in [0.15, 0.2) is 11.6 Å². The number of aromatic nitrogens is 1. The summed E-state index contributed by atoms with van der Waals surface area (Å²) in [6.45, 7) is 8.87. The van der Waals surface area contributed by atoms with E-state index in [-0.39, 0.29) is 12.5 Å². The molecule has 3 aliphatic heterocycles. The van der Waals surface area contributed by atoms with Gasteiger partial charge in [0.2, 0.25) is 0 Å². The Morgan fingerprint density at radius 3 is 2.63 bits per heavy atom. The molecule has 3 aliphatic rings. The maximum absolute atomic E-state index is 12.9. The van der Waals surface area contributed by atoms with Gasteiger partial charge in [-0.05, 0) is 45.7 Å². The summed E-state index contributed by atoms with van der Waals surface area (Å²) < 4.78 is 16.5. The number of alkyl carbamates (subject to hydrolysis) is 1. The zero-order valence-electron chi connectivity index (χ0n) is 18.1. The fourth-order valence-corrected chi connectivity index (χ4v) is 4.14. The highest BCUT2D eigenvalue weighted by Gasteiger charge is 2.44. The molecule has 2 amide bonds. The zero-order valence-corrected chi connectivity index (χ0v) is 18.1. The molecule has 0 aromatic carbocycles. The lowest BCUT2D eigenvalue weighted by Crippen LogP contribution is -2.58. The smallest absolute Gasteiger partial charge is 0.408 e. The summed E-state index contributed by atoms with van der Waals surface area (Å²) in [5.41, 5.74) is -0.323. The highest BCUT2D eigenvalue weighted by Crippen LogP contribution is 2.42. The molecule has 9 nitrogen and oxygen atoms in total. The Bertz CT molecular complexity index is 823. The van der Waals surface area contributed by atoms with Crippen LogP contribution in [0.1, 0.15) is 33.6 Å². The van der Waals surface area contributed by atoms with E-state index in [1.165, 1.54) is 4.90 Å². The average Bonchev–Trinajstić information content (AvgIpc) is 2.77. The number of likely N-dealkylation sites (N-methyl/N-ethyl adjacent to an activating group) is 1. The summed E-state index contributed by atoms with van der Waals surface area (Å²) in [5.74, 6) is 1.50. The quantitative estimate of drug-likeness (QED) is 0.785. The second kappa shape index (κ2) is 7.61. The normalized spacial score (nSPS) is 23.2. The van der Waals surface area contributed by atoms with E-state index in [4.69, 9.17) is 19.2 Å². The molecule has 4 heterocycles. The first-order valence-corrected chi connectivity index (χ1v) is 10.4. The summed E-state index contributed by atoms with van der Waals surface area (Å²) >= 11 is 0. The first kappa shape index (κ1) is 20.7. The van der Waals surface area contributed by atoms with Gasteiger partial charge in [0.1, 0.15) is 24.1 Å². The number of rotatable bonds is 2. The van der Waals surface area contributed by atoms with Crippen molar-refractivity contribution in [1.82, 2.24) is 10.3 Å². The minimum Gasteiger partial charge on any atom is -0.487 e. The summed E-state index contributed by atoms with van der Waals surface area (Å²) in [6, 6.07) is 2.91. The van der Waals surface area contributed by atoms with Crippen LogP contribution >= 0.6 is 0 Å². The number of nitrogens with zero attached hydrogens (tertiary/aromatic N) is 3. The van der Waals surface area contributed by atoms with Gasteiger partial charge >= 0.3 is 6.09 Å². The Balaban J connectivity index is 1.45. The van der Waals surface area contributed by atoms with Gasteiger partial charge in [0.05, 0.1) is 0 Å². The molecule has 30 heavy (non-hydrogen) atoms. The first-order valence-electron chi connectivity index (χ1n) is 10.4. The van der Waals surface area contributed by atoms with E-state index < -0.39 is 17.7 Å². The number of hydrogen-bond donors (Lipinski definition) is 1. The Morgan fingerprint density at radius 2 is 1.97 bits per heavy atom. The molecule has 0 radical (unpaired) electrons. The average molecular weight is 418 g/mol. The van der Waals surface area contributed by atoms with Crippen molar-refractivity contribution in [2.24, 2.45) is 5.41 Å². The van der Waals surface area contributed by atoms with E-state index >= 15 is 0 Å². The largest absolute Gasteiger partial charge is 0.487 e. The fourth-order valence-electron chi connectivity index (χ4n) is 4.14. The predicted octanol–water partition coefficient (Wildman–Crippen LogP) is 1.95. The predicted molar refractivity (Wildman–Crippen MR) is 111 cm³/mol. The first-order chi connectivity index (χ1) is 14.2. The SMILES string of the molecule is CN1C(=O)[C@@H](NC(=O)OC(C)(C)C)COc2ccc(N3CC4(CCOCC4)C3)nc21. The number of ether oxygens (including phenoxy) is 3. The van der Waals surface area contributed by atoms with Crippen LogP contribution in [0.2, 0.25) is 0 Å². The van der Waals surface area contributed by atoms with E-state index in [1.807, 2.05) is 12.1 Å². The van der Waals surface area contributed by atoms with E-state index in [0.717, 1.165) is 45.0 Å². The number of nitrogens with one attached hydrogen (secondary N) is 1. The van der Waals surface area contributed by atoms with Gasteiger partial charge < -0.3 is 24.4 Å². The number of amides is 2. The lowest BCUT2D eigenvalue weighted by atomic mass is 9.73. The minimum absolute atomic E-state index is 0.0171. The third kappa shape index (κ3) is 4.16. The summed E-state index contributed by atoms with van der Waals surface area (Å²) in [4.78, 5) is 33.4. The molecule has 0 saturated carbocycles. The van der Waals surface area contributed by atoms with Gasteiger partial charge in [-0.1, -0.05) is 0 Å². The molecule has 1 N–H and O–H groups in total. The number of fused-ring (bicyclic) bond motifs is 1. The van der Waals surface area contributed by atoms with Crippen LogP contribution in [-0.4, -0.2) is 68.6 Å². The van der Waals surface area contributed by atoms with Crippen molar-refractivity contribution in [2.75, 3.05) is 49.8 Å². The molecular formula is C21H30N4O5. The van der Waals surface area contributed by atoms with Crippen LogP contribution in [-0.2, 0) is 14.3 Å². The van der Waals surface area contributed by atoms with E-state index in [9.17, 15) is 9.59 Å². The maximum Gasteiger partial charge on any atom is 0.408 e. The van der Waals surface area contributed by atoms with Crippen molar-refractivity contribution in [2.45, 2.75) is 45.3 Å². The molecule has 0 bridgehead atoms. The number of anilines is 2. The maximum atomic E-state index is 12.9. The van der Waals surface area contributed by atoms with Gasteiger partial charge in [-0.25, -0.2) is 9.78 Å². The molecule has 164 valence electrons. The molecule has 1 atom stereocenters. The lowest BCUT2D eigenvalue weighted by Gasteiger charge is -2.52. The van der Waals surface area contributed by atoms with Crippen LogP contribution in [0.25, 0.3) is 0 Å². The second-order valence-corrected chi connectivity index (χ2v) is 9.37. The molecule has 4 rings (SSSR count). The van der Waals surface area contributed by atoms with Crippen molar-refractivity contribution in [3.63, 3.8) is 0 Å². The van der Waals surface area contributed by atoms with E-state index in [1.54, 1.807) is 27.8 Å². The molecule has 9 heteroatoms. The van der Waals surface area contributed by atoms with Crippen LogP contribution in [0.3, 0.4) is 0 Å². The zero-order chi connectivity index (χ0) is 21.5. The van der Waals surface area contributed by atoms with Crippen molar-refractivity contribution < 1.29 is 23.8 Å². The Morgan fingerprint density at radius 1 is 1.27 bits per heavy atom. The topological polar surface area (TPSA) is 93.2 Å². The summed E-state index contributed by atoms with van der Waals surface area (Å²) in [6.07, 6.45) is 1.50. The van der Waals surface area contributed by atoms with E-state index in [2.05, 4.69) is 10.2 Å². The Labute approximate surface area is 176 Å². The number of pyridine rings is 1. The summed E-state index contributed by atoms with van der Waals surface area (Å²) in [7, 11) is 1.65. The number of carbonyl (C=O) groups is 2. The standard InChI is InChI=1S/C21H30N4O5/c1-20(2,3)30-19(27)22-14-11-29-15-5-6-16(23-17(15)24(4)18(14)26)25-12-21(13-25)7-9-28-10-8-21/h5-6,14H,7-13H2,1-4H3,(H,22,27)/t14-/m0/s1.